The number of hydrogen-bond donors (Lipinski definition) is 1. The van der Waals surface area contributed by atoms with Gasteiger partial charge in [0.15, 0.2) is 0 Å². The summed E-state index contributed by atoms with van der Waals surface area (Å²) >= 11 is 0. The number of carbonyl (C=O) groups excluding carboxylic acids is 1. The molecule has 0 bridgehead atoms. The van der Waals surface area contributed by atoms with Crippen molar-refractivity contribution in [2.75, 3.05) is 18.8 Å². The quantitative estimate of drug-likeness (QED) is 0.700. The molecule has 1 aliphatic rings. The number of amides is 1. The number of aromatic nitrogens is 1. The molecule has 6 heteroatoms. The maximum atomic E-state index is 13.1. The molecule has 1 amide bonds. The first-order valence-corrected chi connectivity index (χ1v) is 9.42. The molecule has 4 rings (SSSR count). The number of nitrogens with zero attached hydrogens (tertiary/aromatic N) is 2. The Morgan fingerprint density at radius 3 is 2.59 bits per heavy atom. The molecule has 0 atom stereocenters. The Hall–Kier alpha value is -2.89. The summed E-state index contributed by atoms with van der Waals surface area (Å²) in [4.78, 5) is 31.9. The van der Waals surface area contributed by atoms with Gasteiger partial charge in [0.1, 0.15) is 11.4 Å². The van der Waals surface area contributed by atoms with Crippen LogP contribution in [0.1, 0.15) is 54.9 Å². The Bertz CT molecular complexity index is 1100. The highest BCUT2D eigenvalue weighted by Crippen LogP contribution is 2.25. The fraction of sp³-hybridized carbons (Fsp3) is 0.381. The van der Waals surface area contributed by atoms with Crippen LogP contribution in [0.2, 0.25) is 0 Å². The minimum absolute atomic E-state index is 0.0966. The average Bonchev–Trinajstić information content (AvgIpc) is 2.67. The summed E-state index contributed by atoms with van der Waals surface area (Å²) in [6, 6.07) is 7.13. The minimum Gasteiger partial charge on any atom is -0.437 e. The van der Waals surface area contributed by atoms with Crippen molar-refractivity contribution in [3.05, 3.63) is 45.6 Å². The highest BCUT2D eigenvalue weighted by atomic mass is 16.3. The van der Waals surface area contributed by atoms with Crippen molar-refractivity contribution in [2.45, 2.75) is 39.0 Å². The number of likely N-dealkylation sites (tertiary alicyclic amines) is 1. The molecule has 27 heavy (non-hydrogen) atoms. The molecule has 0 saturated carbocycles. The zero-order valence-corrected chi connectivity index (χ0v) is 15.6. The molecular weight excluding hydrogens is 342 g/mol. The van der Waals surface area contributed by atoms with Gasteiger partial charge in [0, 0.05) is 13.1 Å². The van der Waals surface area contributed by atoms with E-state index in [1.54, 1.807) is 17.0 Å². The maximum Gasteiger partial charge on any atom is 0.257 e. The number of nitrogen functional groups attached to an aromatic ring is 1. The Morgan fingerprint density at radius 1 is 1.15 bits per heavy atom. The van der Waals surface area contributed by atoms with Crippen molar-refractivity contribution in [3.63, 3.8) is 0 Å². The average molecular weight is 365 g/mol. The number of rotatable bonds is 2. The van der Waals surface area contributed by atoms with Crippen LogP contribution < -0.4 is 11.2 Å². The zero-order valence-electron chi connectivity index (χ0n) is 15.6. The number of anilines is 1. The van der Waals surface area contributed by atoms with Crippen molar-refractivity contribution >= 4 is 33.8 Å². The molecule has 1 fully saturated rings. The van der Waals surface area contributed by atoms with Gasteiger partial charge in [0.25, 0.3) is 5.91 Å². The predicted octanol–water partition coefficient (Wildman–Crippen LogP) is 3.67. The largest absolute Gasteiger partial charge is 0.437 e. The normalized spacial score (nSPS) is 15.0. The van der Waals surface area contributed by atoms with E-state index in [0.717, 1.165) is 24.8 Å². The molecule has 1 saturated heterocycles. The number of nitrogens with two attached hydrogens (primary N) is 1. The van der Waals surface area contributed by atoms with Gasteiger partial charge in [0.2, 0.25) is 11.1 Å². The summed E-state index contributed by atoms with van der Waals surface area (Å²) < 4.78 is 5.81. The van der Waals surface area contributed by atoms with Gasteiger partial charge >= 0.3 is 0 Å². The second-order valence-corrected chi connectivity index (χ2v) is 7.47. The molecule has 1 aliphatic heterocycles. The van der Waals surface area contributed by atoms with Gasteiger partial charge in [-0.25, -0.2) is 0 Å². The SMILES string of the molecule is CC(C)c1ccc2oc3nc(N)c(C(=O)N4CCCCC4)cc3c(=O)c2c1. The first kappa shape index (κ1) is 17.5. The van der Waals surface area contributed by atoms with Crippen LogP contribution >= 0.6 is 0 Å². The molecule has 140 valence electrons. The molecular formula is C21H23N3O3. The van der Waals surface area contributed by atoms with Crippen LogP contribution in [0.3, 0.4) is 0 Å². The molecule has 0 aliphatic carbocycles. The van der Waals surface area contributed by atoms with E-state index in [2.05, 4.69) is 18.8 Å². The van der Waals surface area contributed by atoms with E-state index in [9.17, 15) is 9.59 Å². The van der Waals surface area contributed by atoms with Gasteiger partial charge in [-0.05, 0) is 48.9 Å². The number of hydrogen-bond acceptors (Lipinski definition) is 5. The van der Waals surface area contributed by atoms with Crippen LogP contribution in [0.5, 0.6) is 0 Å². The van der Waals surface area contributed by atoms with Gasteiger partial charge in [-0.15, -0.1) is 0 Å². The molecule has 0 unspecified atom stereocenters. The van der Waals surface area contributed by atoms with E-state index in [1.807, 2.05) is 12.1 Å². The highest BCUT2D eigenvalue weighted by Gasteiger charge is 2.23. The summed E-state index contributed by atoms with van der Waals surface area (Å²) in [5.41, 5.74) is 7.81. The summed E-state index contributed by atoms with van der Waals surface area (Å²) in [6.07, 6.45) is 3.10. The van der Waals surface area contributed by atoms with Gasteiger partial charge in [-0.2, -0.15) is 4.98 Å². The maximum absolute atomic E-state index is 13.1. The zero-order chi connectivity index (χ0) is 19.1. The second kappa shape index (κ2) is 6.68. The number of piperidine rings is 1. The van der Waals surface area contributed by atoms with Gasteiger partial charge < -0.3 is 15.1 Å². The van der Waals surface area contributed by atoms with Crippen molar-refractivity contribution in [1.29, 1.82) is 0 Å². The van der Waals surface area contributed by atoms with E-state index in [0.29, 0.717) is 30.0 Å². The summed E-state index contributed by atoms with van der Waals surface area (Å²) in [6.45, 7) is 5.56. The third-order valence-corrected chi connectivity index (χ3v) is 5.26. The number of carbonyl (C=O) groups is 1. The highest BCUT2D eigenvalue weighted by molar-refractivity contribution is 6.02. The number of fused-ring (bicyclic) bond motifs is 2. The van der Waals surface area contributed by atoms with E-state index in [-0.39, 0.29) is 33.8 Å². The van der Waals surface area contributed by atoms with Gasteiger partial charge in [-0.3, -0.25) is 9.59 Å². The van der Waals surface area contributed by atoms with Crippen molar-refractivity contribution in [2.24, 2.45) is 0 Å². The molecule has 3 heterocycles. The first-order chi connectivity index (χ1) is 13.0. The topological polar surface area (TPSA) is 89.4 Å². The lowest BCUT2D eigenvalue weighted by Gasteiger charge is -2.27. The lowest BCUT2D eigenvalue weighted by molar-refractivity contribution is 0.0725. The van der Waals surface area contributed by atoms with E-state index >= 15 is 0 Å². The van der Waals surface area contributed by atoms with Gasteiger partial charge in [-0.1, -0.05) is 19.9 Å². The smallest absolute Gasteiger partial charge is 0.257 e. The molecule has 0 spiro atoms. The van der Waals surface area contributed by atoms with Crippen LogP contribution in [0.15, 0.2) is 33.5 Å². The lowest BCUT2D eigenvalue weighted by atomic mass is 10.0. The summed E-state index contributed by atoms with van der Waals surface area (Å²) in [7, 11) is 0. The standard InChI is InChI=1S/C21H23N3O3/c1-12(2)13-6-7-17-14(10-13)18(25)15-11-16(19(22)23-20(15)27-17)21(26)24-8-4-3-5-9-24/h6-7,10-12H,3-5,8-9H2,1-2H3,(H2,22,23). The Balaban J connectivity index is 1.89. The molecule has 1 aromatic carbocycles. The fourth-order valence-corrected chi connectivity index (χ4v) is 3.61. The summed E-state index contributed by atoms with van der Waals surface area (Å²) in [5.74, 6) is 0.224. The lowest BCUT2D eigenvalue weighted by Crippen LogP contribution is -2.36. The summed E-state index contributed by atoms with van der Waals surface area (Å²) in [5, 5.41) is 0.787. The van der Waals surface area contributed by atoms with Crippen molar-refractivity contribution < 1.29 is 9.21 Å². The molecule has 2 N–H and O–H groups in total. The second-order valence-electron chi connectivity index (χ2n) is 7.47. The third-order valence-electron chi connectivity index (χ3n) is 5.26. The van der Waals surface area contributed by atoms with Crippen molar-refractivity contribution in [1.82, 2.24) is 9.88 Å². The molecule has 3 aromatic rings. The molecule has 2 aromatic heterocycles. The van der Waals surface area contributed by atoms with Crippen LogP contribution in [0, 0.1) is 0 Å². The van der Waals surface area contributed by atoms with Crippen LogP contribution in [-0.4, -0.2) is 28.9 Å². The minimum atomic E-state index is -0.186. The van der Waals surface area contributed by atoms with Crippen LogP contribution in [-0.2, 0) is 0 Å². The number of benzene rings is 1. The van der Waals surface area contributed by atoms with Crippen LogP contribution in [0.25, 0.3) is 22.1 Å². The fourth-order valence-electron chi connectivity index (χ4n) is 3.61. The first-order valence-electron chi connectivity index (χ1n) is 9.42. The predicted molar refractivity (Wildman–Crippen MR) is 106 cm³/mol. The van der Waals surface area contributed by atoms with E-state index in [1.165, 1.54) is 0 Å². The Labute approximate surface area is 157 Å². The van der Waals surface area contributed by atoms with E-state index in [4.69, 9.17) is 10.2 Å². The Morgan fingerprint density at radius 2 is 1.89 bits per heavy atom. The van der Waals surface area contributed by atoms with Crippen LogP contribution in [0.4, 0.5) is 5.82 Å². The number of pyridine rings is 1. The van der Waals surface area contributed by atoms with E-state index < -0.39 is 0 Å². The van der Waals surface area contributed by atoms with Crippen molar-refractivity contribution in [3.8, 4) is 0 Å². The third kappa shape index (κ3) is 3.05. The Kier molecular flexibility index (Phi) is 4.34. The molecule has 0 radical (unpaired) electrons. The monoisotopic (exact) mass is 365 g/mol. The molecule has 6 nitrogen and oxygen atoms in total. The van der Waals surface area contributed by atoms with Gasteiger partial charge in [0.05, 0.1) is 16.3 Å².